The van der Waals surface area contributed by atoms with Crippen molar-refractivity contribution in [2.75, 3.05) is 5.32 Å². The molecule has 0 saturated carbocycles. The number of carbonyl (C=O) groups is 1. The van der Waals surface area contributed by atoms with Crippen molar-refractivity contribution in [2.45, 2.75) is 6.92 Å². The van der Waals surface area contributed by atoms with E-state index in [1.165, 1.54) is 11.5 Å². The molecule has 4 rings (SSSR count). The number of hydrogen-bond donors (Lipinski definition) is 2. The number of benzene rings is 2. The number of pyridine rings is 1. The molecule has 0 aliphatic rings. The van der Waals surface area contributed by atoms with E-state index in [4.69, 9.17) is 0 Å². The fourth-order valence-corrected chi connectivity index (χ4v) is 2.86. The minimum absolute atomic E-state index is 0.219. The lowest BCUT2D eigenvalue weighted by atomic mass is 10.1. The highest BCUT2D eigenvalue weighted by Crippen LogP contribution is 2.23. The number of hydrogen-bond acceptors (Lipinski definition) is 4. The Kier molecular flexibility index (Phi) is 3.81. The van der Waals surface area contributed by atoms with Crippen molar-refractivity contribution in [2.24, 2.45) is 0 Å². The fraction of sp³-hybridized carbons (Fsp3) is 0.0526. The predicted octanol–water partition coefficient (Wildman–Crippen LogP) is 2.73. The summed E-state index contributed by atoms with van der Waals surface area (Å²) in [5.74, 6) is 0.624. The Balaban J connectivity index is 1.85. The number of fused-ring (bicyclic) bond motifs is 1. The van der Waals surface area contributed by atoms with Gasteiger partial charge in [-0.2, -0.15) is 5.10 Å². The first kappa shape index (κ1) is 15.8. The summed E-state index contributed by atoms with van der Waals surface area (Å²) in [6.07, 6.45) is 1.56. The van der Waals surface area contributed by atoms with Gasteiger partial charge >= 0.3 is 5.69 Å². The van der Waals surface area contributed by atoms with Gasteiger partial charge in [-0.25, -0.2) is 19.4 Å². The van der Waals surface area contributed by atoms with Crippen LogP contribution in [0.25, 0.3) is 27.8 Å². The van der Waals surface area contributed by atoms with E-state index in [0.717, 1.165) is 10.8 Å². The van der Waals surface area contributed by atoms with E-state index in [2.05, 4.69) is 20.5 Å². The molecule has 26 heavy (non-hydrogen) atoms. The van der Waals surface area contributed by atoms with Crippen LogP contribution in [-0.4, -0.2) is 25.7 Å². The largest absolute Gasteiger partial charge is 0.348 e. The van der Waals surface area contributed by atoms with Gasteiger partial charge in [-0.1, -0.05) is 30.3 Å². The van der Waals surface area contributed by atoms with E-state index in [1.54, 1.807) is 18.3 Å². The molecule has 0 aliphatic heterocycles. The van der Waals surface area contributed by atoms with Crippen LogP contribution in [0, 0.1) is 0 Å². The van der Waals surface area contributed by atoms with Crippen LogP contribution in [0.4, 0.5) is 5.82 Å². The maximum absolute atomic E-state index is 12.4. The van der Waals surface area contributed by atoms with Crippen LogP contribution in [0.3, 0.4) is 0 Å². The third-order valence-corrected chi connectivity index (χ3v) is 3.99. The van der Waals surface area contributed by atoms with Crippen LogP contribution in [0.2, 0.25) is 0 Å². The summed E-state index contributed by atoms with van der Waals surface area (Å²) in [4.78, 5) is 27.7. The van der Waals surface area contributed by atoms with E-state index < -0.39 is 0 Å². The molecule has 0 unspecified atom stereocenters. The summed E-state index contributed by atoms with van der Waals surface area (Å²) >= 11 is 0. The van der Waals surface area contributed by atoms with Gasteiger partial charge in [-0.15, -0.1) is 0 Å². The molecule has 1 amide bonds. The zero-order valence-corrected chi connectivity index (χ0v) is 13.9. The lowest BCUT2D eigenvalue weighted by molar-refractivity contribution is -0.114. The van der Waals surface area contributed by atoms with Crippen LogP contribution in [0.1, 0.15) is 6.92 Å². The standard InChI is InChI=1S/C19H15N5O2/c1-12(25)21-17-11-15(8-9-20-17)18-22-23-19(26)24(18)16-7-6-13-4-2-3-5-14(13)10-16/h2-11H,1H3,(H,23,26)(H,20,21,25). The molecule has 7 nitrogen and oxygen atoms in total. The molecule has 0 bridgehead atoms. The predicted molar refractivity (Wildman–Crippen MR) is 99.2 cm³/mol. The third-order valence-electron chi connectivity index (χ3n) is 3.99. The van der Waals surface area contributed by atoms with Gasteiger partial charge in [-0.05, 0) is 35.0 Å². The van der Waals surface area contributed by atoms with Crippen molar-refractivity contribution in [3.8, 4) is 17.1 Å². The Hall–Kier alpha value is -3.74. The normalized spacial score (nSPS) is 10.8. The number of amides is 1. The van der Waals surface area contributed by atoms with Crippen molar-refractivity contribution < 1.29 is 4.79 Å². The Morgan fingerprint density at radius 1 is 1.08 bits per heavy atom. The number of aromatic amines is 1. The van der Waals surface area contributed by atoms with Crippen molar-refractivity contribution in [3.05, 3.63) is 71.3 Å². The van der Waals surface area contributed by atoms with Crippen LogP contribution in [0.15, 0.2) is 65.6 Å². The number of rotatable bonds is 3. The highest BCUT2D eigenvalue weighted by Gasteiger charge is 2.14. The number of H-pyrrole nitrogens is 1. The monoisotopic (exact) mass is 345 g/mol. The lowest BCUT2D eigenvalue weighted by Crippen LogP contribution is -2.15. The van der Waals surface area contributed by atoms with Crippen molar-refractivity contribution in [1.82, 2.24) is 19.7 Å². The molecule has 0 atom stereocenters. The van der Waals surface area contributed by atoms with E-state index >= 15 is 0 Å². The van der Waals surface area contributed by atoms with Gasteiger partial charge < -0.3 is 5.32 Å². The molecular weight excluding hydrogens is 330 g/mol. The second kappa shape index (κ2) is 6.29. The van der Waals surface area contributed by atoms with Gasteiger partial charge in [0.25, 0.3) is 0 Å². The maximum atomic E-state index is 12.4. The summed E-state index contributed by atoms with van der Waals surface area (Å²) in [5, 5.41) is 11.4. The molecule has 0 fully saturated rings. The van der Waals surface area contributed by atoms with Gasteiger partial charge in [-0.3, -0.25) is 4.79 Å². The smallest absolute Gasteiger partial charge is 0.311 e. The van der Waals surface area contributed by atoms with Gasteiger partial charge in [0, 0.05) is 18.7 Å². The summed E-state index contributed by atoms with van der Waals surface area (Å²) in [5.41, 5.74) is 1.03. The molecule has 128 valence electrons. The molecular formula is C19H15N5O2. The molecule has 0 saturated heterocycles. The number of carbonyl (C=O) groups excluding carboxylic acids is 1. The van der Waals surface area contributed by atoms with Crippen LogP contribution < -0.4 is 11.0 Å². The highest BCUT2D eigenvalue weighted by atomic mass is 16.2. The number of nitrogens with zero attached hydrogens (tertiary/aromatic N) is 3. The summed E-state index contributed by atoms with van der Waals surface area (Å²) in [6.45, 7) is 1.41. The van der Waals surface area contributed by atoms with Crippen molar-refractivity contribution >= 4 is 22.5 Å². The first-order chi connectivity index (χ1) is 12.6. The van der Waals surface area contributed by atoms with E-state index in [1.807, 2.05) is 42.5 Å². The highest BCUT2D eigenvalue weighted by molar-refractivity contribution is 5.88. The molecule has 2 heterocycles. The first-order valence-electron chi connectivity index (χ1n) is 8.02. The van der Waals surface area contributed by atoms with Gasteiger partial charge in [0.2, 0.25) is 5.91 Å². The maximum Gasteiger partial charge on any atom is 0.348 e. The lowest BCUT2D eigenvalue weighted by Gasteiger charge is -2.08. The fourth-order valence-electron chi connectivity index (χ4n) is 2.86. The Morgan fingerprint density at radius 2 is 1.88 bits per heavy atom. The Labute approximate surface area is 148 Å². The van der Waals surface area contributed by atoms with Crippen LogP contribution >= 0.6 is 0 Å². The topological polar surface area (TPSA) is 92.7 Å². The van der Waals surface area contributed by atoms with Gasteiger partial charge in [0.05, 0.1) is 5.69 Å². The SMILES string of the molecule is CC(=O)Nc1cc(-c2n[nH]c(=O)n2-c2ccc3ccccc3c2)ccn1. The molecule has 2 N–H and O–H groups in total. The Bertz CT molecular complexity index is 1180. The second-order valence-electron chi connectivity index (χ2n) is 5.83. The molecule has 0 aliphatic carbocycles. The van der Waals surface area contributed by atoms with Crippen molar-refractivity contribution in [1.29, 1.82) is 0 Å². The minimum atomic E-state index is -0.340. The number of anilines is 1. The van der Waals surface area contributed by atoms with E-state index in [-0.39, 0.29) is 11.6 Å². The van der Waals surface area contributed by atoms with Gasteiger partial charge in [0.15, 0.2) is 5.82 Å². The molecule has 4 aromatic rings. The minimum Gasteiger partial charge on any atom is -0.311 e. The molecule has 0 radical (unpaired) electrons. The third kappa shape index (κ3) is 2.86. The van der Waals surface area contributed by atoms with Crippen LogP contribution in [-0.2, 0) is 4.79 Å². The summed E-state index contributed by atoms with van der Waals surface area (Å²) < 4.78 is 1.50. The van der Waals surface area contributed by atoms with Gasteiger partial charge in [0.1, 0.15) is 5.82 Å². The first-order valence-corrected chi connectivity index (χ1v) is 8.02. The zero-order chi connectivity index (χ0) is 18.1. The van der Waals surface area contributed by atoms with E-state index in [0.29, 0.717) is 22.9 Å². The molecule has 2 aromatic heterocycles. The number of nitrogens with one attached hydrogen (secondary N) is 2. The van der Waals surface area contributed by atoms with Crippen molar-refractivity contribution in [3.63, 3.8) is 0 Å². The number of aromatic nitrogens is 4. The second-order valence-corrected chi connectivity index (χ2v) is 5.83. The average molecular weight is 345 g/mol. The quantitative estimate of drug-likeness (QED) is 0.597. The zero-order valence-electron chi connectivity index (χ0n) is 13.9. The molecule has 0 spiro atoms. The molecule has 2 aromatic carbocycles. The van der Waals surface area contributed by atoms with E-state index in [9.17, 15) is 9.59 Å². The Morgan fingerprint density at radius 3 is 2.69 bits per heavy atom. The van der Waals surface area contributed by atoms with Crippen LogP contribution in [0.5, 0.6) is 0 Å². The summed E-state index contributed by atoms with van der Waals surface area (Å²) in [7, 11) is 0. The average Bonchev–Trinajstić information content (AvgIpc) is 3.02. The molecule has 7 heteroatoms. The summed E-state index contributed by atoms with van der Waals surface area (Å²) in [6, 6.07) is 17.1.